The highest BCUT2D eigenvalue weighted by Gasteiger charge is 2.41. The SMILES string of the molecule is O=C1CCC(N2C(=O)c3ccc(Br)c4nncc2c34)C(=O)N1. The van der Waals surface area contributed by atoms with Crippen LogP contribution in [-0.2, 0) is 9.59 Å². The molecule has 1 unspecified atom stereocenters. The van der Waals surface area contributed by atoms with Gasteiger partial charge in [-0.15, -0.1) is 5.10 Å². The van der Waals surface area contributed by atoms with E-state index in [4.69, 9.17) is 0 Å². The molecule has 0 aliphatic carbocycles. The largest absolute Gasteiger partial charge is 0.295 e. The van der Waals surface area contributed by atoms with Crippen molar-refractivity contribution in [1.82, 2.24) is 15.5 Å². The molecule has 3 heterocycles. The molecule has 1 saturated heterocycles. The molecule has 1 fully saturated rings. The molecule has 2 aromatic rings. The molecule has 2 aliphatic rings. The van der Waals surface area contributed by atoms with Gasteiger partial charge < -0.3 is 0 Å². The van der Waals surface area contributed by atoms with Gasteiger partial charge >= 0.3 is 0 Å². The molecule has 1 aromatic heterocycles. The molecule has 8 heteroatoms. The Morgan fingerprint density at radius 2 is 2.09 bits per heavy atom. The van der Waals surface area contributed by atoms with E-state index in [1.165, 1.54) is 11.1 Å². The van der Waals surface area contributed by atoms with Crippen molar-refractivity contribution in [2.24, 2.45) is 0 Å². The Hall–Kier alpha value is -2.35. The Bertz CT molecular complexity index is 867. The number of piperidine rings is 1. The monoisotopic (exact) mass is 360 g/mol. The van der Waals surface area contributed by atoms with Crippen LogP contribution >= 0.6 is 15.9 Å². The van der Waals surface area contributed by atoms with Crippen LogP contribution in [0.15, 0.2) is 22.8 Å². The molecule has 2 aliphatic heterocycles. The Morgan fingerprint density at radius 3 is 2.86 bits per heavy atom. The van der Waals surface area contributed by atoms with E-state index in [0.717, 1.165) is 4.47 Å². The first-order valence-corrected chi connectivity index (χ1v) is 7.48. The summed E-state index contributed by atoms with van der Waals surface area (Å²) in [5.41, 5.74) is 1.63. The first kappa shape index (κ1) is 13.3. The lowest BCUT2D eigenvalue weighted by Gasteiger charge is -2.29. The van der Waals surface area contributed by atoms with Crippen LogP contribution < -0.4 is 10.2 Å². The zero-order valence-electron chi connectivity index (χ0n) is 11.2. The summed E-state index contributed by atoms with van der Waals surface area (Å²) >= 11 is 3.39. The Kier molecular flexibility index (Phi) is 2.77. The first-order chi connectivity index (χ1) is 10.6. The molecular formula is C14H9BrN4O3. The molecule has 1 aromatic carbocycles. The van der Waals surface area contributed by atoms with Gasteiger partial charge in [-0.1, -0.05) is 0 Å². The Balaban J connectivity index is 1.89. The third-order valence-corrected chi connectivity index (χ3v) is 4.59. The lowest BCUT2D eigenvalue weighted by molar-refractivity contribution is -0.134. The average Bonchev–Trinajstić information content (AvgIpc) is 2.77. The zero-order valence-corrected chi connectivity index (χ0v) is 12.8. The number of amides is 3. The standard InChI is InChI=1S/C14H9BrN4O3/c15-7-2-1-6-11-9(5-16-18-12(7)11)19(14(6)22)8-3-4-10(20)17-13(8)21/h1-2,5,8H,3-4H2,(H,17,20,21). The van der Waals surface area contributed by atoms with Crippen LogP contribution in [0.2, 0.25) is 0 Å². The van der Waals surface area contributed by atoms with Crippen molar-refractivity contribution < 1.29 is 14.4 Å². The molecule has 22 heavy (non-hydrogen) atoms. The molecular weight excluding hydrogens is 352 g/mol. The van der Waals surface area contributed by atoms with Gasteiger partial charge in [-0.05, 0) is 34.5 Å². The second kappa shape index (κ2) is 4.57. The van der Waals surface area contributed by atoms with E-state index < -0.39 is 11.9 Å². The molecule has 4 rings (SSSR count). The summed E-state index contributed by atoms with van der Waals surface area (Å²) < 4.78 is 0.735. The number of hydrogen-bond acceptors (Lipinski definition) is 5. The number of hydrogen-bond donors (Lipinski definition) is 1. The lowest BCUT2D eigenvalue weighted by atomic mass is 10.0. The maximum Gasteiger partial charge on any atom is 0.259 e. The lowest BCUT2D eigenvalue weighted by Crippen LogP contribution is -2.53. The van der Waals surface area contributed by atoms with Crippen LogP contribution in [0.3, 0.4) is 0 Å². The minimum absolute atomic E-state index is 0.210. The van der Waals surface area contributed by atoms with Crippen LogP contribution in [0.25, 0.3) is 10.9 Å². The average molecular weight is 361 g/mol. The van der Waals surface area contributed by atoms with E-state index in [9.17, 15) is 14.4 Å². The molecule has 0 spiro atoms. The number of nitrogens with one attached hydrogen (secondary N) is 1. The van der Waals surface area contributed by atoms with Gasteiger partial charge in [-0.2, -0.15) is 5.10 Å². The number of anilines is 1. The van der Waals surface area contributed by atoms with Gasteiger partial charge in [0.25, 0.3) is 5.91 Å². The number of carbonyl (C=O) groups excluding carboxylic acids is 3. The molecule has 1 N–H and O–H groups in total. The zero-order chi connectivity index (χ0) is 15.4. The van der Waals surface area contributed by atoms with E-state index in [1.54, 1.807) is 12.1 Å². The summed E-state index contributed by atoms with van der Waals surface area (Å²) in [7, 11) is 0. The summed E-state index contributed by atoms with van der Waals surface area (Å²) in [5, 5.41) is 10.9. The maximum absolute atomic E-state index is 12.7. The van der Waals surface area contributed by atoms with Gasteiger partial charge in [0.1, 0.15) is 11.6 Å². The minimum atomic E-state index is -0.705. The molecule has 0 radical (unpaired) electrons. The third kappa shape index (κ3) is 1.70. The molecule has 3 amide bonds. The van der Waals surface area contributed by atoms with Gasteiger partial charge in [0.15, 0.2) is 0 Å². The minimum Gasteiger partial charge on any atom is -0.295 e. The van der Waals surface area contributed by atoms with Gasteiger partial charge in [0.05, 0.1) is 17.4 Å². The molecule has 0 bridgehead atoms. The highest BCUT2D eigenvalue weighted by molar-refractivity contribution is 9.10. The van der Waals surface area contributed by atoms with Crippen molar-refractivity contribution in [3.8, 4) is 0 Å². The number of benzene rings is 1. The molecule has 110 valence electrons. The highest BCUT2D eigenvalue weighted by Crippen LogP contribution is 2.40. The maximum atomic E-state index is 12.7. The third-order valence-electron chi connectivity index (χ3n) is 3.95. The van der Waals surface area contributed by atoms with E-state index in [-0.39, 0.29) is 18.2 Å². The van der Waals surface area contributed by atoms with Crippen molar-refractivity contribution in [3.05, 3.63) is 28.4 Å². The summed E-state index contributed by atoms with van der Waals surface area (Å²) in [5.74, 6) is -1.04. The van der Waals surface area contributed by atoms with Crippen LogP contribution in [-0.4, -0.2) is 34.0 Å². The predicted molar refractivity (Wildman–Crippen MR) is 80.2 cm³/mol. The van der Waals surface area contributed by atoms with E-state index in [1.807, 2.05) is 0 Å². The normalized spacial score (nSPS) is 20.7. The first-order valence-electron chi connectivity index (χ1n) is 6.69. The van der Waals surface area contributed by atoms with Gasteiger partial charge in [0.2, 0.25) is 11.8 Å². The van der Waals surface area contributed by atoms with Gasteiger partial charge in [0, 0.05) is 16.3 Å². The quantitative estimate of drug-likeness (QED) is 0.770. The fraction of sp³-hybridized carbons (Fsp3) is 0.214. The van der Waals surface area contributed by atoms with E-state index >= 15 is 0 Å². The van der Waals surface area contributed by atoms with Crippen LogP contribution in [0.4, 0.5) is 5.69 Å². The Morgan fingerprint density at radius 1 is 1.27 bits per heavy atom. The summed E-state index contributed by atoms with van der Waals surface area (Å²) in [6.07, 6.45) is 1.99. The van der Waals surface area contributed by atoms with Crippen LogP contribution in [0.5, 0.6) is 0 Å². The van der Waals surface area contributed by atoms with Crippen molar-refractivity contribution >= 4 is 50.2 Å². The van der Waals surface area contributed by atoms with E-state index in [2.05, 4.69) is 31.4 Å². The van der Waals surface area contributed by atoms with Crippen molar-refractivity contribution in [3.63, 3.8) is 0 Å². The second-order valence-corrected chi connectivity index (χ2v) is 6.04. The summed E-state index contributed by atoms with van der Waals surface area (Å²) in [6.45, 7) is 0. The summed E-state index contributed by atoms with van der Waals surface area (Å²) in [4.78, 5) is 37.5. The fourth-order valence-electron chi connectivity index (χ4n) is 2.97. The van der Waals surface area contributed by atoms with Gasteiger partial charge in [-0.25, -0.2) is 0 Å². The predicted octanol–water partition coefficient (Wildman–Crippen LogP) is 1.16. The van der Waals surface area contributed by atoms with Crippen molar-refractivity contribution in [1.29, 1.82) is 0 Å². The summed E-state index contributed by atoms with van der Waals surface area (Å²) in [6, 6.07) is 2.73. The number of carbonyl (C=O) groups is 3. The Labute approximate surface area is 132 Å². The van der Waals surface area contributed by atoms with Gasteiger partial charge in [-0.3, -0.25) is 24.6 Å². The molecule has 7 nitrogen and oxygen atoms in total. The van der Waals surface area contributed by atoms with E-state index in [0.29, 0.717) is 28.6 Å². The smallest absolute Gasteiger partial charge is 0.259 e. The number of nitrogens with zero attached hydrogens (tertiary/aromatic N) is 3. The number of rotatable bonds is 1. The number of halogens is 1. The van der Waals surface area contributed by atoms with Crippen LogP contribution in [0, 0.1) is 0 Å². The fourth-order valence-corrected chi connectivity index (χ4v) is 3.38. The number of aromatic nitrogens is 2. The molecule has 0 saturated carbocycles. The highest BCUT2D eigenvalue weighted by atomic mass is 79.9. The topological polar surface area (TPSA) is 92.3 Å². The second-order valence-electron chi connectivity index (χ2n) is 5.19. The van der Waals surface area contributed by atoms with Crippen molar-refractivity contribution in [2.75, 3.05) is 4.90 Å². The van der Waals surface area contributed by atoms with Crippen LogP contribution in [0.1, 0.15) is 23.2 Å². The molecule has 1 atom stereocenters. The number of imide groups is 1. The van der Waals surface area contributed by atoms with Crippen molar-refractivity contribution in [2.45, 2.75) is 18.9 Å².